The third-order valence-corrected chi connectivity index (χ3v) is 5.29. The molecule has 0 amide bonds. The van der Waals surface area contributed by atoms with Gasteiger partial charge in [0.25, 0.3) is 0 Å². The van der Waals surface area contributed by atoms with Crippen LogP contribution < -0.4 is 10.1 Å². The van der Waals surface area contributed by atoms with Gasteiger partial charge in [-0.15, -0.1) is 24.0 Å². The van der Waals surface area contributed by atoms with E-state index in [0.717, 1.165) is 44.2 Å². The van der Waals surface area contributed by atoms with Crippen molar-refractivity contribution in [2.75, 3.05) is 54.0 Å². The van der Waals surface area contributed by atoms with Crippen LogP contribution in [0, 0.1) is 5.92 Å². The zero-order chi connectivity index (χ0) is 21.2. The molecule has 2 rings (SSSR count). The van der Waals surface area contributed by atoms with Gasteiger partial charge in [-0.25, -0.2) is 0 Å². The molecule has 1 atom stereocenters. The fourth-order valence-electron chi connectivity index (χ4n) is 3.58. The first-order valence-electron chi connectivity index (χ1n) is 10.5. The van der Waals surface area contributed by atoms with E-state index in [1.807, 2.05) is 19.1 Å². The molecule has 8 heteroatoms. The summed E-state index contributed by atoms with van der Waals surface area (Å²) in [5.74, 6) is 1.70. The van der Waals surface area contributed by atoms with Crippen molar-refractivity contribution < 1.29 is 14.3 Å². The van der Waals surface area contributed by atoms with Crippen molar-refractivity contribution in [3.8, 4) is 5.75 Å². The Balaban J connectivity index is 0.00000450. The van der Waals surface area contributed by atoms with E-state index in [1.165, 1.54) is 5.56 Å². The summed E-state index contributed by atoms with van der Waals surface area (Å²) in [4.78, 5) is 21.4. The molecule has 1 aliphatic rings. The van der Waals surface area contributed by atoms with Crippen LogP contribution in [0.5, 0.6) is 5.75 Å². The van der Waals surface area contributed by atoms with Gasteiger partial charge >= 0.3 is 5.97 Å². The second-order valence-corrected chi connectivity index (χ2v) is 7.46. The number of carbonyl (C=O) groups is 1. The Labute approximate surface area is 198 Å². The topological polar surface area (TPSA) is 66.4 Å². The van der Waals surface area contributed by atoms with Crippen LogP contribution in [0.3, 0.4) is 0 Å². The van der Waals surface area contributed by atoms with E-state index in [0.29, 0.717) is 13.2 Å². The van der Waals surface area contributed by atoms with Gasteiger partial charge in [0.1, 0.15) is 5.75 Å². The number of guanidine groups is 1. The Bertz CT molecular complexity index is 659. The maximum Gasteiger partial charge on any atom is 0.309 e. The Hall–Kier alpha value is -1.55. The Morgan fingerprint density at radius 3 is 2.37 bits per heavy atom. The fourth-order valence-corrected chi connectivity index (χ4v) is 3.58. The van der Waals surface area contributed by atoms with Crippen molar-refractivity contribution in [2.45, 2.75) is 32.7 Å². The number of methoxy groups -OCH3 is 1. The molecule has 0 spiro atoms. The molecular formula is C22H37IN4O3. The Morgan fingerprint density at radius 1 is 1.23 bits per heavy atom. The summed E-state index contributed by atoms with van der Waals surface area (Å²) < 4.78 is 10.4. The molecule has 1 heterocycles. The predicted molar refractivity (Wildman–Crippen MR) is 132 cm³/mol. The number of piperidine rings is 1. The maximum absolute atomic E-state index is 12.0. The largest absolute Gasteiger partial charge is 0.497 e. The van der Waals surface area contributed by atoms with Crippen LogP contribution in [-0.4, -0.2) is 75.7 Å². The SMILES string of the molecule is CCNC(=NCC(c1ccc(OC)cc1)N(C)C)N1CCC(C(=O)OCC)CC1.I. The first-order chi connectivity index (χ1) is 14.0. The summed E-state index contributed by atoms with van der Waals surface area (Å²) in [6, 6.07) is 8.33. The number of carbonyl (C=O) groups excluding carboxylic acids is 1. The molecule has 0 aromatic heterocycles. The number of hydrogen-bond acceptors (Lipinski definition) is 5. The highest BCUT2D eigenvalue weighted by atomic mass is 127. The van der Waals surface area contributed by atoms with E-state index in [4.69, 9.17) is 14.5 Å². The molecular weight excluding hydrogens is 495 g/mol. The zero-order valence-corrected chi connectivity index (χ0v) is 21.2. The summed E-state index contributed by atoms with van der Waals surface area (Å²) >= 11 is 0. The fraction of sp³-hybridized carbons (Fsp3) is 0.636. The van der Waals surface area contributed by atoms with E-state index < -0.39 is 0 Å². The highest BCUT2D eigenvalue weighted by Crippen LogP contribution is 2.23. The number of likely N-dealkylation sites (tertiary alicyclic amines) is 1. The predicted octanol–water partition coefficient (Wildman–Crippen LogP) is 3.16. The molecule has 1 saturated heterocycles. The smallest absolute Gasteiger partial charge is 0.309 e. The van der Waals surface area contributed by atoms with Gasteiger partial charge in [-0.3, -0.25) is 9.79 Å². The third-order valence-electron chi connectivity index (χ3n) is 5.29. The molecule has 1 unspecified atom stereocenters. The number of rotatable bonds is 8. The van der Waals surface area contributed by atoms with E-state index in [9.17, 15) is 4.79 Å². The van der Waals surface area contributed by atoms with Crippen LogP contribution in [0.2, 0.25) is 0 Å². The molecule has 0 aliphatic carbocycles. The summed E-state index contributed by atoms with van der Waals surface area (Å²) in [5, 5.41) is 3.41. The van der Waals surface area contributed by atoms with Crippen LogP contribution >= 0.6 is 24.0 Å². The third kappa shape index (κ3) is 7.61. The van der Waals surface area contributed by atoms with Gasteiger partial charge in [-0.2, -0.15) is 0 Å². The molecule has 7 nitrogen and oxygen atoms in total. The van der Waals surface area contributed by atoms with Crippen LogP contribution in [0.1, 0.15) is 38.3 Å². The summed E-state index contributed by atoms with van der Waals surface area (Å²) in [7, 11) is 5.82. The van der Waals surface area contributed by atoms with Crippen LogP contribution in [-0.2, 0) is 9.53 Å². The van der Waals surface area contributed by atoms with Crippen molar-refractivity contribution in [1.29, 1.82) is 0 Å². The highest BCUT2D eigenvalue weighted by Gasteiger charge is 2.27. The number of nitrogens with zero attached hydrogens (tertiary/aromatic N) is 3. The summed E-state index contributed by atoms with van der Waals surface area (Å²) in [5.41, 5.74) is 1.21. The number of halogens is 1. The Morgan fingerprint density at radius 2 is 1.87 bits per heavy atom. The number of hydrogen-bond donors (Lipinski definition) is 1. The van der Waals surface area contributed by atoms with Crippen molar-refractivity contribution in [2.24, 2.45) is 10.9 Å². The minimum absolute atomic E-state index is 0. The van der Waals surface area contributed by atoms with Gasteiger partial charge in [0, 0.05) is 19.6 Å². The molecule has 0 radical (unpaired) electrons. The average Bonchev–Trinajstić information content (AvgIpc) is 2.73. The number of nitrogens with one attached hydrogen (secondary N) is 1. The van der Waals surface area contributed by atoms with Crippen LogP contribution in [0.15, 0.2) is 29.3 Å². The monoisotopic (exact) mass is 532 g/mol. The van der Waals surface area contributed by atoms with Gasteiger partial charge in [0.15, 0.2) is 5.96 Å². The van der Waals surface area contributed by atoms with Crippen LogP contribution in [0.25, 0.3) is 0 Å². The lowest BCUT2D eigenvalue weighted by molar-refractivity contribution is -0.149. The molecule has 1 fully saturated rings. The first-order valence-corrected chi connectivity index (χ1v) is 10.5. The highest BCUT2D eigenvalue weighted by molar-refractivity contribution is 14.0. The van der Waals surface area contributed by atoms with E-state index in [2.05, 4.69) is 48.3 Å². The second-order valence-electron chi connectivity index (χ2n) is 7.46. The molecule has 0 bridgehead atoms. The molecule has 30 heavy (non-hydrogen) atoms. The quantitative estimate of drug-likeness (QED) is 0.240. The van der Waals surface area contributed by atoms with Crippen molar-refractivity contribution in [1.82, 2.24) is 15.1 Å². The van der Waals surface area contributed by atoms with Crippen molar-refractivity contribution in [3.63, 3.8) is 0 Å². The Kier molecular flexibility index (Phi) is 12.1. The molecule has 170 valence electrons. The molecule has 1 aromatic rings. The minimum atomic E-state index is -0.0683. The maximum atomic E-state index is 12.0. The van der Waals surface area contributed by atoms with E-state index >= 15 is 0 Å². The zero-order valence-electron chi connectivity index (χ0n) is 18.9. The first kappa shape index (κ1) is 26.5. The van der Waals surface area contributed by atoms with Gasteiger partial charge in [-0.05, 0) is 58.5 Å². The van der Waals surface area contributed by atoms with Crippen molar-refractivity contribution >= 4 is 35.9 Å². The molecule has 1 aromatic carbocycles. The molecule has 0 saturated carbocycles. The second kappa shape index (κ2) is 13.7. The summed E-state index contributed by atoms with van der Waals surface area (Å²) in [6.07, 6.45) is 1.61. The van der Waals surface area contributed by atoms with Crippen molar-refractivity contribution in [3.05, 3.63) is 29.8 Å². The number of aliphatic imine (C=N–C) groups is 1. The van der Waals surface area contributed by atoms with Gasteiger partial charge in [0.2, 0.25) is 0 Å². The van der Waals surface area contributed by atoms with Gasteiger partial charge in [0.05, 0.1) is 32.2 Å². The standard InChI is InChI=1S/C22H36N4O3.HI/c1-6-23-22(26-14-12-18(13-15-26)21(27)29-7-2)24-16-20(25(3)4)17-8-10-19(28-5)11-9-17;/h8-11,18,20H,6-7,12-16H2,1-5H3,(H,23,24);1H. The molecule has 1 aliphatic heterocycles. The van der Waals surface area contributed by atoms with E-state index in [1.54, 1.807) is 7.11 Å². The van der Waals surface area contributed by atoms with E-state index in [-0.39, 0.29) is 41.9 Å². The number of esters is 1. The minimum Gasteiger partial charge on any atom is -0.497 e. The van der Waals surface area contributed by atoms with Gasteiger partial charge < -0.3 is 24.6 Å². The lowest BCUT2D eigenvalue weighted by atomic mass is 9.97. The van der Waals surface area contributed by atoms with Gasteiger partial charge in [-0.1, -0.05) is 12.1 Å². The normalized spacial score (nSPS) is 16.1. The lowest BCUT2D eigenvalue weighted by Gasteiger charge is -2.34. The average molecular weight is 532 g/mol. The summed E-state index contributed by atoms with van der Waals surface area (Å²) in [6.45, 7) is 7.46. The lowest BCUT2D eigenvalue weighted by Crippen LogP contribution is -2.47. The number of likely N-dealkylation sites (N-methyl/N-ethyl adjacent to an activating group) is 1. The number of ether oxygens (including phenoxy) is 2. The number of benzene rings is 1. The molecule has 1 N–H and O–H groups in total. The van der Waals surface area contributed by atoms with Crippen LogP contribution in [0.4, 0.5) is 0 Å².